The summed E-state index contributed by atoms with van der Waals surface area (Å²) >= 11 is 0. The fraction of sp³-hybridized carbons (Fsp3) is 0.526. The summed E-state index contributed by atoms with van der Waals surface area (Å²) in [5.74, 6) is -5.69. The molecule has 3 saturated heterocycles. The van der Waals surface area contributed by atoms with E-state index in [1.165, 1.54) is 53.9 Å². The maximum atomic E-state index is 14.6. The number of amides is 6. The molecular formula is C38H49N7O10. The summed E-state index contributed by atoms with van der Waals surface area (Å²) in [7, 11) is 1.48. The minimum Gasteiger partial charge on any atom is -0.505 e. The number of aromatic nitrogens is 1. The number of pyridine rings is 1. The third kappa shape index (κ3) is 9.21. The van der Waals surface area contributed by atoms with E-state index in [2.05, 4.69) is 20.9 Å². The highest BCUT2D eigenvalue weighted by atomic mass is 16.5. The lowest BCUT2D eigenvalue weighted by atomic mass is 9.95. The summed E-state index contributed by atoms with van der Waals surface area (Å²) in [6.45, 7) is 4.52. The lowest BCUT2D eigenvalue weighted by Gasteiger charge is -2.41. The van der Waals surface area contributed by atoms with Gasteiger partial charge in [0.05, 0.1) is 6.10 Å². The molecule has 4 heterocycles. The van der Waals surface area contributed by atoms with Crippen molar-refractivity contribution in [1.29, 1.82) is 0 Å². The second kappa shape index (κ2) is 17.7. The number of aromatic hydroxyl groups is 1. The van der Waals surface area contributed by atoms with Crippen molar-refractivity contribution in [2.75, 3.05) is 20.1 Å². The van der Waals surface area contributed by atoms with Crippen LogP contribution in [0.2, 0.25) is 0 Å². The van der Waals surface area contributed by atoms with Crippen LogP contribution in [0.5, 0.6) is 5.75 Å². The van der Waals surface area contributed by atoms with Gasteiger partial charge in [-0.3, -0.25) is 28.8 Å². The molecule has 5 rings (SSSR count). The average Bonchev–Trinajstić information content (AvgIpc) is 3.67. The Kier molecular flexibility index (Phi) is 13.1. The fourth-order valence-corrected chi connectivity index (χ4v) is 7.25. The van der Waals surface area contributed by atoms with Gasteiger partial charge in [0.1, 0.15) is 48.1 Å². The Bertz CT molecular complexity index is 1780. The van der Waals surface area contributed by atoms with Gasteiger partial charge in [0.25, 0.3) is 5.91 Å². The number of cyclic esters (lactones) is 1. The van der Waals surface area contributed by atoms with Crippen molar-refractivity contribution in [3.05, 3.63) is 59.9 Å². The number of carbonyl (C=O) groups is 7. The zero-order chi connectivity index (χ0) is 40.0. The number of hydrogen-bond donors (Lipinski definition) is 5. The van der Waals surface area contributed by atoms with Crippen LogP contribution >= 0.6 is 0 Å². The monoisotopic (exact) mass is 763 g/mol. The van der Waals surface area contributed by atoms with Crippen molar-refractivity contribution in [2.24, 2.45) is 0 Å². The number of fused-ring (bicyclic) bond motifs is 2. The first-order chi connectivity index (χ1) is 26.2. The van der Waals surface area contributed by atoms with E-state index in [9.17, 15) is 43.8 Å². The first-order valence-electron chi connectivity index (χ1n) is 18.6. The van der Waals surface area contributed by atoms with Crippen molar-refractivity contribution in [1.82, 2.24) is 35.6 Å². The zero-order valence-electron chi connectivity index (χ0n) is 31.3. The van der Waals surface area contributed by atoms with Gasteiger partial charge in [-0.1, -0.05) is 37.3 Å². The molecule has 6 amide bonds. The summed E-state index contributed by atoms with van der Waals surface area (Å²) in [6, 6.07) is 4.27. The number of nitrogens with one attached hydrogen (secondary N) is 3. The molecule has 17 heteroatoms. The summed E-state index contributed by atoms with van der Waals surface area (Å²) < 4.78 is 5.59. The van der Waals surface area contributed by atoms with Gasteiger partial charge in [-0.15, -0.1) is 0 Å². The van der Waals surface area contributed by atoms with Crippen molar-refractivity contribution < 1.29 is 48.5 Å². The normalized spacial score (nSPS) is 28.9. The molecule has 17 nitrogen and oxygen atoms in total. The lowest BCUT2D eigenvalue weighted by Crippen LogP contribution is -2.62. The van der Waals surface area contributed by atoms with Crippen molar-refractivity contribution in [2.45, 2.75) is 108 Å². The molecule has 3 aliphatic rings. The van der Waals surface area contributed by atoms with Gasteiger partial charge < -0.3 is 45.6 Å². The number of carbonyl (C=O) groups excluding carboxylic acids is 7. The fourth-order valence-electron chi connectivity index (χ4n) is 7.25. The molecule has 3 fully saturated rings. The number of esters is 1. The average molecular weight is 764 g/mol. The topological polar surface area (TPSA) is 228 Å². The van der Waals surface area contributed by atoms with Crippen LogP contribution in [0.25, 0.3) is 0 Å². The van der Waals surface area contributed by atoms with Gasteiger partial charge in [-0.05, 0) is 57.2 Å². The molecule has 5 N–H and O–H groups in total. The largest absolute Gasteiger partial charge is 0.505 e. The summed E-state index contributed by atoms with van der Waals surface area (Å²) in [5, 5.41) is 28.5. The third-order valence-corrected chi connectivity index (χ3v) is 10.4. The minimum absolute atomic E-state index is 0.00548. The molecule has 0 saturated carbocycles. The highest BCUT2D eigenvalue weighted by Crippen LogP contribution is 2.26. The molecule has 2 aromatic rings. The molecule has 296 valence electrons. The van der Waals surface area contributed by atoms with Crippen LogP contribution in [0.3, 0.4) is 0 Å². The van der Waals surface area contributed by atoms with Crippen LogP contribution in [0.1, 0.15) is 68.9 Å². The van der Waals surface area contributed by atoms with Crippen LogP contribution in [0, 0.1) is 0 Å². The summed E-state index contributed by atoms with van der Waals surface area (Å²) in [4.78, 5) is 105. The Hall–Kier alpha value is -5.58. The van der Waals surface area contributed by atoms with E-state index in [-0.39, 0.29) is 38.8 Å². The van der Waals surface area contributed by atoms with Crippen LogP contribution in [-0.2, 0) is 39.9 Å². The maximum absolute atomic E-state index is 14.6. The van der Waals surface area contributed by atoms with E-state index >= 15 is 0 Å². The second-order valence-electron chi connectivity index (χ2n) is 14.2. The number of rotatable bonds is 5. The number of likely N-dealkylation sites (N-methyl/N-ethyl adjacent to an activating group) is 1. The number of aliphatic hydroxyl groups is 1. The molecule has 0 spiro atoms. The number of ether oxygens (including phenoxy) is 1. The number of piperidine rings is 1. The van der Waals surface area contributed by atoms with Crippen LogP contribution in [-0.4, -0.2) is 140 Å². The van der Waals surface area contributed by atoms with Crippen LogP contribution in [0.4, 0.5) is 0 Å². The smallest absolute Gasteiger partial charge is 0.328 e. The first kappa shape index (κ1) is 40.6. The first-order valence-corrected chi connectivity index (χ1v) is 18.6. The SMILES string of the molecule is CCC1NC(=O)C(NC(=O)c2ncccc2O)C(C)OC(=O)C(C)NC(=O)C2CC(O)CCN2C(=O)C(Cc2ccccc2)N(C)C(=O)C2CCCN2C1=O. The van der Waals surface area contributed by atoms with Crippen LogP contribution < -0.4 is 16.0 Å². The molecule has 1 aromatic heterocycles. The van der Waals surface area contributed by atoms with E-state index in [0.29, 0.717) is 12.8 Å². The predicted octanol–water partition coefficient (Wildman–Crippen LogP) is -0.357. The maximum Gasteiger partial charge on any atom is 0.328 e. The summed E-state index contributed by atoms with van der Waals surface area (Å²) in [5.41, 5.74) is 0.338. The predicted molar refractivity (Wildman–Crippen MR) is 195 cm³/mol. The molecule has 1 aromatic carbocycles. The number of nitrogens with zero attached hydrogens (tertiary/aromatic N) is 4. The zero-order valence-corrected chi connectivity index (χ0v) is 31.3. The molecule has 0 radical (unpaired) electrons. The summed E-state index contributed by atoms with van der Waals surface area (Å²) in [6.07, 6.45) is -0.0689. The molecular weight excluding hydrogens is 714 g/mol. The van der Waals surface area contributed by atoms with Gasteiger partial charge in [-0.25, -0.2) is 9.78 Å². The quantitative estimate of drug-likeness (QED) is 0.247. The van der Waals surface area contributed by atoms with E-state index in [1.54, 1.807) is 19.1 Å². The third-order valence-electron chi connectivity index (χ3n) is 10.4. The molecule has 8 atom stereocenters. The molecule has 0 bridgehead atoms. The van der Waals surface area contributed by atoms with Gasteiger partial charge >= 0.3 is 5.97 Å². The Balaban J connectivity index is 1.53. The van der Waals surface area contributed by atoms with E-state index in [0.717, 1.165) is 5.56 Å². The van der Waals surface area contributed by atoms with Crippen molar-refractivity contribution in [3.8, 4) is 5.75 Å². The molecule has 3 aliphatic heterocycles. The Morgan fingerprint density at radius 3 is 2.31 bits per heavy atom. The van der Waals surface area contributed by atoms with E-state index in [4.69, 9.17) is 4.74 Å². The Morgan fingerprint density at radius 1 is 0.909 bits per heavy atom. The van der Waals surface area contributed by atoms with Crippen molar-refractivity contribution in [3.63, 3.8) is 0 Å². The number of aliphatic hydroxyl groups excluding tert-OH is 1. The molecule has 0 aliphatic carbocycles. The lowest BCUT2D eigenvalue weighted by molar-refractivity contribution is -0.156. The number of benzene rings is 1. The van der Waals surface area contributed by atoms with E-state index < -0.39 is 101 Å². The van der Waals surface area contributed by atoms with Gasteiger partial charge in [-0.2, -0.15) is 0 Å². The Labute approximate surface area is 318 Å². The van der Waals surface area contributed by atoms with Gasteiger partial charge in [0, 0.05) is 39.2 Å². The second-order valence-corrected chi connectivity index (χ2v) is 14.2. The number of hydrogen-bond acceptors (Lipinski definition) is 11. The highest BCUT2D eigenvalue weighted by molar-refractivity contribution is 6.00. The standard InChI is InChI=1S/C38H49N7O10/c1-5-25-35(51)44-17-10-13-26(44)36(52)43(4)28(19-23-11-7-6-8-12-23)37(53)45-18-15-24(46)20-27(45)32(48)40-21(2)38(54)55-22(3)30(33(49)41-25)42-34(50)31-29(47)14-9-16-39-31/h6-9,11-12,14,16,21-22,24-28,30,46-47H,5,10,13,15,17-20H2,1-4H3,(H,40,48)(H,41,49)(H,42,50). The van der Waals surface area contributed by atoms with E-state index in [1.807, 2.05) is 18.2 Å². The van der Waals surface area contributed by atoms with Gasteiger partial charge in [0.15, 0.2) is 5.69 Å². The van der Waals surface area contributed by atoms with Crippen molar-refractivity contribution >= 4 is 41.4 Å². The molecule has 8 unspecified atom stereocenters. The highest BCUT2D eigenvalue weighted by Gasteiger charge is 2.45. The molecule has 55 heavy (non-hydrogen) atoms. The van der Waals surface area contributed by atoms with Crippen LogP contribution in [0.15, 0.2) is 48.7 Å². The minimum atomic E-state index is -1.62. The Morgan fingerprint density at radius 2 is 1.62 bits per heavy atom. The van der Waals surface area contributed by atoms with Gasteiger partial charge in [0.2, 0.25) is 29.5 Å².